The van der Waals surface area contributed by atoms with E-state index in [-0.39, 0.29) is 17.8 Å². The molecule has 1 atom stereocenters. The molecule has 3 heterocycles. The summed E-state index contributed by atoms with van der Waals surface area (Å²) in [6.07, 6.45) is 3.63. The standard InChI is InChI=1S/C21H24FN7O/c1-13-18-19(26(3)14(2)20(30)28(18)5)25-21(24-13)27(4)17-10-23-29(12-17)11-15-6-8-16(22)9-7-15/h6-10,12,14H,11H2,1-5H3/t14-/m1/s1. The van der Waals surface area contributed by atoms with E-state index in [9.17, 15) is 9.18 Å². The second kappa shape index (κ2) is 7.40. The summed E-state index contributed by atoms with van der Waals surface area (Å²) in [7, 11) is 5.50. The molecule has 0 saturated carbocycles. The fourth-order valence-electron chi connectivity index (χ4n) is 3.57. The number of rotatable bonds is 4. The van der Waals surface area contributed by atoms with Gasteiger partial charge >= 0.3 is 0 Å². The Labute approximate surface area is 174 Å². The predicted molar refractivity (Wildman–Crippen MR) is 114 cm³/mol. The van der Waals surface area contributed by atoms with Gasteiger partial charge < -0.3 is 14.7 Å². The molecule has 1 aliphatic heterocycles. The fourth-order valence-corrected chi connectivity index (χ4v) is 3.57. The number of amides is 1. The number of aromatic nitrogens is 4. The third-order valence-corrected chi connectivity index (χ3v) is 5.53. The highest BCUT2D eigenvalue weighted by molar-refractivity contribution is 6.04. The normalized spacial score (nSPS) is 16.1. The maximum absolute atomic E-state index is 13.1. The van der Waals surface area contributed by atoms with Gasteiger partial charge in [-0.1, -0.05) is 12.1 Å². The van der Waals surface area contributed by atoms with Gasteiger partial charge in [0.25, 0.3) is 0 Å². The Morgan fingerprint density at radius 3 is 2.57 bits per heavy atom. The highest BCUT2D eigenvalue weighted by Crippen LogP contribution is 2.36. The van der Waals surface area contributed by atoms with Crippen LogP contribution in [-0.2, 0) is 11.3 Å². The monoisotopic (exact) mass is 409 g/mol. The van der Waals surface area contributed by atoms with Crippen LogP contribution in [0.4, 0.5) is 27.5 Å². The summed E-state index contributed by atoms with van der Waals surface area (Å²) in [4.78, 5) is 27.2. The van der Waals surface area contributed by atoms with Crippen LogP contribution in [-0.4, -0.2) is 52.8 Å². The first-order valence-electron chi connectivity index (χ1n) is 9.66. The first-order chi connectivity index (χ1) is 14.3. The molecule has 0 N–H and O–H groups in total. The van der Waals surface area contributed by atoms with Crippen molar-refractivity contribution < 1.29 is 9.18 Å². The largest absolute Gasteiger partial charge is 0.346 e. The number of hydrogen-bond donors (Lipinski definition) is 0. The van der Waals surface area contributed by atoms with E-state index >= 15 is 0 Å². The second-order valence-electron chi connectivity index (χ2n) is 7.55. The van der Waals surface area contributed by atoms with Crippen LogP contribution in [0.1, 0.15) is 18.2 Å². The number of anilines is 4. The minimum Gasteiger partial charge on any atom is -0.346 e. The molecule has 4 rings (SSSR count). The minimum absolute atomic E-state index is 0.0138. The number of halogens is 1. The summed E-state index contributed by atoms with van der Waals surface area (Å²) >= 11 is 0. The van der Waals surface area contributed by atoms with Gasteiger partial charge in [0.05, 0.1) is 24.1 Å². The van der Waals surface area contributed by atoms with Crippen molar-refractivity contribution in [3.8, 4) is 0 Å². The van der Waals surface area contributed by atoms with Crippen molar-refractivity contribution in [2.45, 2.75) is 26.4 Å². The van der Waals surface area contributed by atoms with Crippen molar-refractivity contribution in [1.29, 1.82) is 0 Å². The maximum Gasteiger partial charge on any atom is 0.249 e. The molecular formula is C21H24FN7O. The molecule has 30 heavy (non-hydrogen) atoms. The Bertz CT molecular complexity index is 1100. The Morgan fingerprint density at radius 1 is 1.17 bits per heavy atom. The smallest absolute Gasteiger partial charge is 0.249 e. The molecule has 9 heteroatoms. The average molecular weight is 409 g/mol. The van der Waals surface area contributed by atoms with E-state index in [4.69, 9.17) is 4.98 Å². The third kappa shape index (κ3) is 3.36. The zero-order valence-corrected chi connectivity index (χ0v) is 17.7. The minimum atomic E-state index is -0.298. The topological polar surface area (TPSA) is 70.4 Å². The van der Waals surface area contributed by atoms with E-state index < -0.39 is 0 Å². The highest BCUT2D eigenvalue weighted by Gasteiger charge is 2.35. The van der Waals surface area contributed by atoms with E-state index in [1.807, 2.05) is 43.9 Å². The summed E-state index contributed by atoms with van der Waals surface area (Å²) in [5.41, 5.74) is 3.24. The summed E-state index contributed by atoms with van der Waals surface area (Å²) in [6.45, 7) is 4.27. The van der Waals surface area contributed by atoms with Gasteiger partial charge in [-0.2, -0.15) is 10.1 Å². The molecule has 0 fully saturated rings. The molecule has 3 aromatic rings. The van der Waals surface area contributed by atoms with Crippen LogP contribution in [0, 0.1) is 12.7 Å². The Hall–Kier alpha value is -3.49. The van der Waals surface area contributed by atoms with Gasteiger partial charge in [-0.3, -0.25) is 9.48 Å². The van der Waals surface area contributed by atoms with Crippen molar-refractivity contribution >= 4 is 29.0 Å². The van der Waals surface area contributed by atoms with Gasteiger partial charge in [0, 0.05) is 27.3 Å². The predicted octanol–water partition coefficient (Wildman–Crippen LogP) is 2.74. The molecule has 1 aliphatic rings. The van der Waals surface area contributed by atoms with Crippen LogP contribution in [0.3, 0.4) is 0 Å². The number of fused-ring (bicyclic) bond motifs is 1. The lowest BCUT2D eigenvalue weighted by Crippen LogP contribution is -2.50. The van der Waals surface area contributed by atoms with Gasteiger partial charge in [0.1, 0.15) is 17.5 Å². The number of aryl methyl sites for hydroxylation is 1. The molecular weight excluding hydrogens is 385 g/mol. The maximum atomic E-state index is 13.1. The van der Waals surface area contributed by atoms with Crippen molar-refractivity contribution in [1.82, 2.24) is 19.7 Å². The van der Waals surface area contributed by atoms with Crippen LogP contribution in [0.2, 0.25) is 0 Å². The molecule has 1 aromatic carbocycles. The van der Waals surface area contributed by atoms with E-state index in [2.05, 4.69) is 10.1 Å². The SMILES string of the molecule is Cc1nc(N(C)c2cnn(Cc3ccc(F)cc3)c2)nc2c1N(C)C(=O)[C@@H](C)N2C. The molecule has 8 nitrogen and oxygen atoms in total. The molecule has 1 amide bonds. The lowest BCUT2D eigenvalue weighted by atomic mass is 10.1. The lowest BCUT2D eigenvalue weighted by Gasteiger charge is -2.37. The van der Waals surface area contributed by atoms with Crippen molar-refractivity contribution in [2.24, 2.45) is 0 Å². The van der Waals surface area contributed by atoms with Crippen LogP contribution in [0.25, 0.3) is 0 Å². The highest BCUT2D eigenvalue weighted by atomic mass is 19.1. The van der Waals surface area contributed by atoms with E-state index in [0.29, 0.717) is 12.5 Å². The summed E-state index contributed by atoms with van der Waals surface area (Å²) < 4.78 is 14.9. The molecule has 0 spiro atoms. The molecule has 0 radical (unpaired) electrons. The Balaban J connectivity index is 1.62. The zero-order chi connectivity index (χ0) is 21.6. The van der Waals surface area contributed by atoms with Crippen molar-refractivity contribution in [3.63, 3.8) is 0 Å². The molecule has 0 bridgehead atoms. The van der Waals surface area contributed by atoms with Gasteiger partial charge in [-0.05, 0) is 31.5 Å². The molecule has 2 aromatic heterocycles. The van der Waals surface area contributed by atoms with Crippen LogP contribution in [0.5, 0.6) is 0 Å². The van der Waals surface area contributed by atoms with E-state index in [0.717, 1.165) is 28.5 Å². The van der Waals surface area contributed by atoms with Crippen LogP contribution >= 0.6 is 0 Å². The van der Waals surface area contributed by atoms with Crippen molar-refractivity contribution in [3.05, 3.63) is 53.7 Å². The summed E-state index contributed by atoms with van der Waals surface area (Å²) in [5.74, 6) is 0.998. The average Bonchev–Trinajstić information content (AvgIpc) is 3.19. The van der Waals surface area contributed by atoms with Gasteiger partial charge in [0.2, 0.25) is 11.9 Å². The van der Waals surface area contributed by atoms with Gasteiger partial charge in [-0.15, -0.1) is 0 Å². The first-order valence-corrected chi connectivity index (χ1v) is 9.66. The number of likely N-dealkylation sites (N-methyl/N-ethyl adjacent to an activating group) is 2. The van der Waals surface area contributed by atoms with E-state index in [1.54, 1.807) is 35.0 Å². The number of benzene rings is 1. The fraction of sp³-hybridized carbons (Fsp3) is 0.333. The van der Waals surface area contributed by atoms with Gasteiger partial charge in [-0.25, -0.2) is 9.37 Å². The second-order valence-corrected chi connectivity index (χ2v) is 7.55. The van der Waals surface area contributed by atoms with Crippen molar-refractivity contribution in [2.75, 3.05) is 35.8 Å². The lowest BCUT2D eigenvalue weighted by molar-refractivity contribution is -0.119. The quantitative estimate of drug-likeness (QED) is 0.660. The van der Waals surface area contributed by atoms with E-state index in [1.165, 1.54) is 12.1 Å². The van der Waals surface area contributed by atoms with Gasteiger partial charge in [0.15, 0.2) is 5.82 Å². The third-order valence-electron chi connectivity index (χ3n) is 5.53. The Morgan fingerprint density at radius 2 is 1.87 bits per heavy atom. The van der Waals surface area contributed by atoms with Crippen LogP contribution < -0.4 is 14.7 Å². The molecule has 0 unspecified atom stereocenters. The Kier molecular flexibility index (Phi) is 4.89. The first kappa shape index (κ1) is 19.8. The number of carbonyl (C=O) groups is 1. The summed E-state index contributed by atoms with van der Waals surface area (Å²) in [5, 5.41) is 4.40. The summed E-state index contributed by atoms with van der Waals surface area (Å²) in [6, 6.07) is 6.06. The molecule has 156 valence electrons. The number of carbonyl (C=O) groups excluding carboxylic acids is 1. The molecule has 0 aliphatic carbocycles. The van der Waals surface area contributed by atoms with Crippen LogP contribution in [0.15, 0.2) is 36.7 Å². The molecule has 0 saturated heterocycles. The zero-order valence-electron chi connectivity index (χ0n) is 17.7. The number of nitrogens with zero attached hydrogens (tertiary/aromatic N) is 7. The number of hydrogen-bond acceptors (Lipinski definition) is 6.